The first kappa shape index (κ1) is 17.0. The number of ether oxygens (including phenoxy) is 2. The van der Waals surface area contributed by atoms with E-state index in [4.69, 9.17) is 9.47 Å². The Hall–Kier alpha value is -2.15. The van der Waals surface area contributed by atoms with E-state index in [1.807, 2.05) is 49.4 Å². The molecule has 3 aliphatic heterocycles. The van der Waals surface area contributed by atoms with Crippen molar-refractivity contribution in [3.05, 3.63) is 78.1 Å². The fourth-order valence-corrected chi connectivity index (χ4v) is 6.06. The molecular formula is C21H21NO4S. The minimum atomic E-state index is -3.58. The van der Waals surface area contributed by atoms with Crippen LogP contribution in [0.15, 0.2) is 71.8 Å². The van der Waals surface area contributed by atoms with Crippen molar-refractivity contribution in [2.24, 2.45) is 5.92 Å². The maximum absolute atomic E-state index is 13.1. The third-order valence-electron chi connectivity index (χ3n) is 5.99. The topological polar surface area (TPSA) is 55.8 Å². The summed E-state index contributed by atoms with van der Waals surface area (Å²) >= 11 is 0. The van der Waals surface area contributed by atoms with Crippen molar-refractivity contribution in [1.29, 1.82) is 0 Å². The average Bonchev–Trinajstić information content (AvgIpc) is 3.26. The highest BCUT2D eigenvalue weighted by atomic mass is 32.2. The predicted octanol–water partition coefficient (Wildman–Crippen LogP) is 3.17. The summed E-state index contributed by atoms with van der Waals surface area (Å²) < 4.78 is 40.2. The molecule has 3 atom stereocenters. The lowest BCUT2D eigenvalue weighted by atomic mass is 9.84. The second kappa shape index (κ2) is 5.44. The Balaban J connectivity index is 1.47. The molecule has 140 valence electrons. The molecule has 27 heavy (non-hydrogen) atoms. The summed E-state index contributed by atoms with van der Waals surface area (Å²) in [6.07, 6.45) is 0.621. The number of hydrogen-bond acceptors (Lipinski definition) is 4. The van der Waals surface area contributed by atoms with Gasteiger partial charge < -0.3 is 9.47 Å². The molecule has 0 amide bonds. The van der Waals surface area contributed by atoms with Crippen LogP contribution in [-0.4, -0.2) is 31.4 Å². The highest BCUT2D eigenvalue weighted by Crippen LogP contribution is 2.62. The van der Waals surface area contributed by atoms with E-state index >= 15 is 0 Å². The molecule has 3 saturated heterocycles. The molecule has 5 rings (SSSR count). The summed E-state index contributed by atoms with van der Waals surface area (Å²) in [7, 11) is -3.58. The molecule has 2 aromatic rings. The minimum Gasteiger partial charge on any atom is -0.460 e. The molecule has 1 spiro atoms. The van der Waals surface area contributed by atoms with E-state index < -0.39 is 21.4 Å². The van der Waals surface area contributed by atoms with Gasteiger partial charge in [-0.15, -0.1) is 0 Å². The fraction of sp³-hybridized carbons (Fsp3) is 0.333. The lowest BCUT2D eigenvalue weighted by molar-refractivity contribution is -0.156. The summed E-state index contributed by atoms with van der Waals surface area (Å²) in [5.41, 5.74) is 1.21. The Kier molecular flexibility index (Phi) is 3.42. The summed E-state index contributed by atoms with van der Waals surface area (Å²) in [6.45, 7) is 6.66. The van der Waals surface area contributed by atoms with E-state index in [0.29, 0.717) is 23.6 Å². The Morgan fingerprint density at radius 2 is 1.81 bits per heavy atom. The quantitative estimate of drug-likeness (QED) is 0.817. The van der Waals surface area contributed by atoms with Gasteiger partial charge in [-0.3, -0.25) is 0 Å². The molecule has 3 aliphatic rings. The van der Waals surface area contributed by atoms with Gasteiger partial charge in [0.2, 0.25) is 15.8 Å². The zero-order valence-corrected chi connectivity index (χ0v) is 15.9. The van der Waals surface area contributed by atoms with Gasteiger partial charge in [-0.2, -0.15) is 4.31 Å². The maximum Gasteiger partial charge on any atom is 0.243 e. The summed E-state index contributed by atoms with van der Waals surface area (Å²) in [4.78, 5) is 0.309. The van der Waals surface area contributed by atoms with E-state index in [-0.39, 0.29) is 12.5 Å². The first-order valence-electron chi connectivity index (χ1n) is 9.07. The van der Waals surface area contributed by atoms with Crippen LogP contribution in [0.1, 0.15) is 17.5 Å². The number of fused-ring (bicyclic) bond motifs is 1. The zero-order chi connectivity index (χ0) is 18.9. The van der Waals surface area contributed by atoms with Crippen LogP contribution in [0.4, 0.5) is 0 Å². The Morgan fingerprint density at radius 1 is 1.11 bits per heavy atom. The minimum absolute atomic E-state index is 0.0270. The van der Waals surface area contributed by atoms with E-state index in [1.165, 1.54) is 4.31 Å². The number of rotatable bonds is 3. The summed E-state index contributed by atoms with van der Waals surface area (Å²) in [6, 6.07) is 16.8. The summed E-state index contributed by atoms with van der Waals surface area (Å²) in [5, 5.41) is 0. The monoisotopic (exact) mass is 383 g/mol. The van der Waals surface area contributed by atoms with Crippen LogP contribution >= 0.6 is 0 Å². The number of sulfonamides is 1. The van der Waals surface area contributed by atoms with Crippen molar-refractivity contribution in [3.63, 3.8) is 0 Å². The summed E-state index contributed by atoms with van der Waals surface area (Å²) in [5.74, 6) is -0.286. The van der Waals surface area contributed by atoms with Gasteiger partial charge in [-0.05, 0) is 19.1 Å². The fourth-order valence-electron chi connectivity index (χ4n) is 4.55. The van der Waals surface area contributed by atoms with Gasteiger partial charge in [0.15, 0.2) is 0 Å². The van der Waals surface area contributed by atoms with Crippen LogP contribution in [0, 0.1) is 12.8 Å². The molecule has 0 aromatic heterocycles. The van der Waals surface area contributed by atoms with Gasteiger partial charge in [-0.25, -0.2) is 8.42 Å². The third kappa shape index (κ3) is 2.27. The van der Waals surface area contributed by atoms with E-state index in [1.54, 1.807) is 12.1 Å². The van der Waals surface area contributed by atoms with Crippen molar-refractivity contribution < 1.29 is 17.9 Å². The number of benzene rings is 2. The van der Waals surface area contributed by atoms with Crippen LogP contribution < -0.4 is 0 Å². The van der Waals surface area contributed by atoms with Crippen LogP contribution in [0.3, 0.4) is 0 Å². The highest BCUT2D eigenvalue weighted by molar-refractivity contribution is 7.89. The third-order valence-corrected chi connectivity index (χ3v) is 7.82. The lowest BCUT2D eigenvalue weighted by Crippen LogP contribution is -2.37. The molecule has 2 bridgehead atoms. The van der Waals surface area contributed by atoms with E-state index in [2.05, 4.69) is 6.58 Å². The van der Waals surface area contributed by atoms with Gasteiger partial charge in [0.25, 0.3) is 0 Å². The molecule has 0 radical (unpaired) electrons. The maximum atomic E-state index is 13.1. The molecule has 0 aliphatic carbocycles. The molecule has 0 saturated carbocycles. The Morgan fingerprint density at radius 3 is 2.48 bits per heavy atom. The number of hydrogen-bond donors (Lipinski definition) is 0. The molecule has 0 N–H and O–H groups in total. The molecule has 2 aromatic carbocycles. The largest absolute Gasteiger partial charge is 0.460 e. The van der Waals surface area contributed by atoms with Gasteiger partial charge in [-0.1, -0.05) is 54.6 Å². The zero-order valence-electron chi connectivity index (χ0n) is 15.1. The van der Waals surface area contributed by atoms with Crippen molar-refractivity contribution in [1.82, 2.24) is 4.31 Å². The first-order valence-corrected chi connectivity index (χ1v) is 10.5. The van der Waals surface area contributed by atoms with Crippen molar-refractivity contribution in [2.75, 3.05) is 13.1 Å². The Bertz CT molecular complexity index is 1020. The molecule has 3 fully saturated rings. The molecule has 3 heterocycles. The molecule has 5 nitrogen and oxygen atoms in total. The van der Waals surface area contributed by atoms with E-state index in [9.17, 15) is 8.42 Å². The smallest absolute Gasteiger partial charge is 0.243 e. The van der Waals surface area contributed by atoms with Crippen LogP contribution in [0.2, 0.25) is 0 Å². The predicted molar refractivity (Wildman–Crippen MR) is 100 cm³/mol. The molecule has 0 unspecified atom stereocenters. The van der Waals surface area contributed by atoms with Crippen molar-refractivity contribution >= 4 is 10.0 Å². The molecule has 6 heteroatoms. The van der Waals surface area contributed by atoms with Crippen LogP contribution in [0.5, 0.6) is 0 Å². The average molecular weight is 383 g/mol. The molecular weight excluding hydrogens is 362 g/mol. The SMILES string of the molecule is C=C1O[C@]2(c3ccccc3)C[C@H]3CN(S(=O)(=O)c4ccc(C)cc4)C[C@]13O2. The van der Waals surface area contributed by atoms with Gasteiger partial charge in [0.1, 0.15) is 11.4 Å². The second-order valence-corrected chi connectivity index (χ2v) is 9.59. The van der Waals surface area contributed by atoms with E-state index in [0.717, 1.165) is 11.1 Å². The first-order chi connectivity index (χ1) is 12.9. The van der Waals surface area contributed by atoms with Gasteiger partial charge >= 0.3 is 0 Å². The standard InChI is InChI=1S/C21H21NO4S/c1-15-8-10-19(11-9-15)27(23,24)22-13-18-12-21(17-6-4-3-5-7-17)25-16(2)20(18,14-22)26-21/h3-11,18H,2,12-14H2,1H3/t18-,20-,21+/m0/s1. The lowest BCUT2D eigenvalue weighted by Gasteiger charge is -2.29. The normalized spacial score (nSPS) is 32.5. The van der Waals surface area contributed by atoms with Crippen LogP contribution in [-0.2, 0) is 25.3 Å². The van der Waals surface area contributed by atoms with Crippen LogP contribution in [0.25, 0.3) is 0 Å². The highest BCUT2D eigenvalue weighted by Gasteiger charge is 2.70. The number of nitrogens with zero attached hydrogens (tertiary/aromatic N) is 1. The van der Waals surface area contributed by atoms with Crippen molar-refractivity contribution in [2.45, 2.75) is 29.6 Å². The van der Waals surface area contributed by atoms with Gasteiger partial charge in [0, 0.05) is 24.4 Å². The van der Waals surface area contributed by atoms with Gasteiger partial charge in [0.05, 0.1) is 11.4 Å². The van der Waals surface area contributed by atoms with Crippen molar-refractivity contribution in [3.8, 4) is 0 Å². The Labute approximate surface area is 159 Å². The second-order valence-electron chi connectivity index (χ2n) is 7.65. The number of aryl methyl sites for hydroxylation is 1.